The first-order chi connectivity index (χ1) is 8.53. The van der Waals surface area contributed by atoms with Crippen LogP contribution in [0.4, 0.5) is 0 Å². The van der Waals surface area contributed by atoms with E-state index in [1.54, 1.807) is 5.57 Å². The Bertz CT molecular complexity index is 451. The van der Waals surface area contributed by atoms with E-state index in [0.717, 1.165) is 36.1 Å². The second-order valence-electron chi connectivity index (χ2n) is 7.81. The Morgan fingerprint density at radius 2 is 2.28 bits per heavy atom. The molecule has 1 spiro atoms. The predicted molar refractivity (Wildman–Crippen MR) is 74.8 cm³/mol. The predicted octanol–water partition coefficient (Wildman–Crippen LogP) is 3.38. The second kappa shape index (κ2) is 3.12. The Morgan fingerprint density at radius 3 is 3.00 bits per heavy atom. The van der Waals surface area contributed by atoms with E-state index in [9.17, 15) is 0 Å². The van der Waals surface area contributed by atoms with Crippen LogP contribution in [0.15, 0.2) is 24.3 Å². The zero-order valence-electron chi connectivity index (χ0n) is 11.7. The van der Waals surface area contributed by atoms with Gasteiger partial charge in [-0.2, -0.15) is 0 Å². The average Bonchev–Trinajstić information content (AvgIpc) is 2.91. The highest BCUT2D eigenvalue weighted by atomic mass is 14.8. The molecular formula is C17H25N. The summed E-state index contributed by atoms with van der Waals surface area (Å²) in [6.07, 6.45) is 9.10. The average molecular weight is 243 g/mol. The summed E-state index contributed by atoms with van der Waals surface area (Å²) in [5.74, 6) is 4.03. The molecule has 1 heteroatoms. The van der Waals surface area contributed by atoms with Crippen molar-refractivity contribution in [3.8, 4) is 0 Å². The molecule has 3 saturated carbocycles. The van der Waals surface area contributed by atoms with Crippen molar-refractivity contribution >= 4 is 0 Å². The summed E-state index contributed by atoms with van der Waals surface area (Å²) >= 11 is 0. The molecule has 1 nitrogen and oxygen atoms in total. The fourth-order valence-corrected chi connectivity index (χ4v) is 6.24. The van der Waals surface area contributed by atoms with Crippen molar-refractivity contribution in [1.29, 1.82) is 0 Å². The smallest absolute Gasteiger partial charge is 0.00131 e. The third-order valence-electron chi connectivity index (χ3n) is 6.84. The summed E-state index contributed by atoms with van der Waals surface area (Å²) in [4.78, 5) is 0. The van der Waals surface area contributed by atoms with Gasteiger partial charge in [-0.3, -0.25) is 0 Å². The molecule has 98 valence electrons. The van der Waals surface area contributed by atoms with Gasteiger partial charge in [0.2, 0.25) is 0 Å². The SMILES string of the molecule is C=C1C[C@H]2C=C[C@]3(C[C@@H](C)C[C@H]13)[C@H]1[C@@H]2[C@]1(C)CN. The van der Waals surface area contributed by atoms with Gasteiger partial charge in [-0.25, -0.2) is 0 Å². The van der Waals surface area contributed by atoms with Crippen LogP contribution in [0.2, 0.25) is 0 Å². The first-order valence-corrected chi connectivity index (χ1v) is 7.60. The van der Waals surface area contributed by atoms with E-state index in [4.69, 9.17) is 5.73 Å². The second-order valence-corrected chi connectivity index (χ2v) is 7.81. The number of hydrogen-bond acceptors (Lipinski definition) is 1. The van der Waals surface area contributed by atoms with Crippen LogP contribution in [0.25, 0.3) is 0 Å². The lowest BCUT2D eigenvalue weighted by molar-refractivity contribution is 0.222. The molecule has 2 bridgehead atoms. The first-order valence-electron chi connectivity index (χ1n) is 7.60. The first kappa shape index (κ1) is 11.3. The standard InChI is InChI=1S/C17H25N/c1-10-6-13-11(2)7-12-4-5-17(13,8-10)15-14(12)16(15,3)9-18/h4-5,10,12-15H,2,6-9,18H2,1,3H3/t10-,12+,13+,14+,15-,16-,17+/m0/s1. The van der Waals surface area contributed by atoms with E-state index in [0.29, 0.717) is 10.8 Å². The minimum absolute atomic E-state index is 0.414. The lowest BCUT2D eigenvalue weighted by Crippen LogP contribution is -2.30. The number of allylic oxidation sites excluding steroid dienone is 3. The van der Waals surface area contributed by atoms with Gasteiger partial charge < -0.3 is 5.73 Å². The number of rotatable bonds is 1. The van der Waals surface area contributed by atoms with E-state index in [2.05, 4.69) is 32.6 Å². The molecular weight excluding hydrogens is 218 g/mol. The van der Waals surface area contributed by atoms with E-state index < -0.39 is 0 Å². The normalized spacial score (nSPS) is 60.4. The molecule has 0 aromatic carbocycles. The van der Waals surface area contributed by atoms with Gasteiger partial charge in [0.25, 0.3) is 0 Å². The number of nitrogens with two attached hydrogens (primary N) is 1. The van der Waals surface area contributed by atoms with Gasteiger partial charge in [-0.05, 0) is 66.2 Å². The van der Waals surface area contributed by atoms with Gasteiger partial charge in [0.05, 0.1) is 0 Å². The minimum atomic E-state index is 0.414. The summed E-state index contributed by atoms with van der Waals surface area (Å²) in [5, 5.41) is 0. The lowest BCUT2D eigenvalue weighted by atomic mass is 9.69. The van der Waals surface area contributed by atoms with Crippen molar-refractivity contribution in [1.82, 2.24) is 0 Å². The van der Waals surface area contributed by atoms with Crippen LogP contribution >= 0.6 is 0 Å². The van der Waals surface area contributed by atoms with Crippen molar-refractivity contribution < 1.29 is 0 Å². The minimum Gasteiger partial charge on any atom is -0.330 e. The molecule has 0 aliphatic heterocycles. The van der Waals surface area contributed by atoms with Gasteiger partial charge in [-0.1, -0.05) is 38.2 Å². The topological polar surface area (TPSA) is 26.0 Å². The van der Waals surface area contributed by atoms with Crippen LogP contribution < -0.4 is 5.73 Å². The fourth-order valence-electron chi connectivity index (χ4n) is 6.24. The maximum Gasteiger partial charge on any atom is -0.00131 e. The van der Waals surface area contributed by atoms with Crippen molar-refractivity contribution in [2.24, 2.45) is 46.2 Å². The Balaban J connectivity index is 1.85. The highest BCUT2D eigenvalue weighted by molar-refractivity contribution is 5.37. The number of fused-ring (bicyclic) bond motifs is 1. The van der Waals surface area contributed by atoms with Gasteiger partial charge in [0.1, 0.15) is 0 Å². The highest BCUT2D eigenvalue weighted by Crippen LogP contribution is 2.78. The van der Waals surface area contributed by atoms with Crippen LogP contribution in [-0.2, 0) is 0 Å². The van der Waals surface area contributed by atoms with Crippen molar-refractivity contribution in [2.45, 2.75) is 33.1 Å². The Morgan fingerprint density at radius 1 is 1.50 bits per heavy atom. The number of hydrogen-bond donors (Lipinski definition) is 1. The molecule has 5 aliphatic rings. The molecule has 0 aromatic heterocycles. The summed E-state index contributed by atoms with van der Waals surface area (Å²) in [6, 6.07) is 0. The Kier molecular flexibility index (Phi) is 1.96. The van der Waals surface area contributed by atoms with Crippen molar-refractivity contribution in [3.05, 3.63) is 24.3 Å². The highest BCUT2D eigenvalue weighted by Gasteiger charge is 2.74. The van der Waals surface area contributed by atoms with E-state index in [1.807, 2.05) is 0 Å². The molecule has 3 fully saturated rings. The summed E-state index contributed by atoms with van der Waals surface area (Å²) in [6.45, 7) is 10.2. The summed E-state index contributed by atoms with van der Waals surface area (Å²) in [5.41, 5.74) is 8.52. The van der Waals surface area contributed by atoms with E-state index in [1.165, 1.54) is 19.3 Å². The summed E-state index contributed by atoms with van der Waals surface area (Å²) < 4.78 is 0. The van der Waals surface area contributed by atoms with Crippen LogP contribution in [0, 0.1) is 40.4 Å². The molecule has 0 saturated heterocycles. The van der Waals surface area contributed by atoms with E-state index in [-0.39, 0.29) is 0 Å². The van der Waals surface area contributed by atoms with Gasteiger partial charge in [-0.15, -0.1) is 0 Å². The van der Waals surface area contributed by atoms with Gasteiger partial charge in [0, 0.05) is 0 Å². The lowest BCUT2D eigenvalue weighted by Gasteiger charge is -2.35. The molecule has 0 amide bonds. The molecule has 0 unspecified atom stereocenters. The molecule has 18 heavy (non-hydrogen) atoms. The van der Waals surface area contributed by atoms with Crippen molar-refractivity contribution in [3.63, 3.8) is 0 Å². The Hall–Kier alpha value is -0.560. The quantitative estimate of drug-likeness (QED) is 0.702. The fraction of sp³-hybridized carbons (Fsp3) is 0.765. The molecule has 0 heterocycles. The van der Waals surface area contributed by atoms with Crippen LogP contribution in [-0.4, -0.2) is 6.54 Å². The van der Waals surface area contributed by atoms with Crippen LogP contribution in [0.1, 0.15) is 33.1 Å². The zero-order chi connectivity index (χ0) is 12.7. The third kappa shape index (κ3) is 1.05. The van der Waals surface area contributed by atoms with Gasteiger partial charge in [0.15, 0.2) is 0 Å². The van der Waals surface area contributed by atoms with Crippen molar-refractivity contribution in [2.75, 3.05) is 6.54 Å². The molecule has 0 radical (unpaired) electrons. The van der Waals surface area contributed by atoms with Crippen LogP contribution in [0.3, 0.4) is 0 Å². The maximum absolute atomic E-state index is 6.13. The monoisotopic (exact) mass is 243 g/mol. The maximum atomic E-state index is 6.13. The zero-order valence-corrected chi connectivity index (χ0v) is 11.7. The van der Waals surface area contributed by atoms with Crippen LogP contribution in [0.5, 0.6) is 0 Å². The molecule has 7 atom stereocenters. The Labute approximate surface area is 111 Å². The largest absolute Gasteiger partial charge is 0.330 e. The summed E-state index contributed by atoms with van der Waals surface area (Å²) in [7, 11) is 0. The molecule has 5 aliphatic carbocycles. The third-order valence-corrected chi connectivity index (χ3v) is 6.84. The molecule has 5 rings (SSSR count). The van der Waals surface area contributed by atoms with E-state index >= 15 is 0 Å². The molecule has 0 aromatic rings. The van der Waals surface area contributed by atoms with Gasteiger partial charge >= 0.3 is 0 Å². The molecule has 2 N–H and O–H groups in total.